The lowest BCUT2D eigenvalue weighted by Crippen LogP contribution is -2.28. The third-order valence-electron chi connectivity index (χ3n) is 6.73. The number of anilines is 1. The number of nitrogens with zero attached hydrogens (tertiary/aromatic N) is 7. The number of hydrogen-bond acceptors (Lipinski definition) is 8. The SMILES string of the molecule is Cc1cccc2nc(C(C)Nc3ncnc4c3ncn4COCC[Si](C)(C)C)n(-c3cccc(C#N)c3)c(=O)c12. The molecule has 0 radical (unpaired) electrons. The maximum atomic E-state index is 13.9. The van der Waals surface area contributed by atoms with Gasteiger partial charge in [0, 0.05) is 14.7 Å². The van der Waals surface area contributed by atoms with Crippen LogP contribution in [0.15, 0.2) is 59.9 Å². The van der Waals surface area contributed by atoms with E-state index in [2.05, 4.69) is 46.0 Å². The highest BCUT2D eigenvalue weighted by Crippen LogP contribution is 2.25. The minimum atomic E-state index is -1.18. The van der Waals surface area contributed by atoms with Gasteiger partial charge < -0.3 is 10.1 Å². The summed E-state index contributed by atoms with van der Waals surface area (Å²) in [6, 6.07) is 15.4. The molecular formula is C29H32N8O2Si. The molecular weight excluding hydrogens is 520 g/mol. The van der Waals surface area contributed by atoms with E-state index in [0.717, 1.165) is 11.6 Å². The van der Waals surface area contributed by atoms with Crippen molar-refractivity contribution in [3.63, 3.8) is 0 Å². The van der Waals surface area contributed by atoms with E-state index in [1.807, 2.05) is 36.6 Å². The summed E-state index contributed by atoms with van der Waals surface area (Å²) in [5, 5.41) is 13.4. The third kappa shape index (κ3) is 5.50. The summed E-state index contributed by atoms with van der Waals surface area (Å²) in [6.07, 6.45) is 3.18. The van der Waals surface area contributed by atoms with Gasteiger partial charge in [-0.15, -0.1) is 0 Å². The number of rotatable bonds is 9. The number of hydrogen-bond donors (Lipinski definition) is 1. The predicted molar refractivity (Wildman–Crippen MR) is 158 cm³/mol. The second-order valence-electron chi connectivity index (χ2n) is 11.1. The van der Waals surface area contributed by atoms with Crippen molar-refractivity contribution in [2.75, 3.05) is 11.9 Å². The maximum absolute atomic E-state index is 13.9. The van der Waals surface area contributed by atoms with Crippen LogP contribution in [0.5, 0.6) is 0 Å². The summed E-state index contributed by atoms with van der Waals surface area (Å²) < 4.78 is 9.33. The monoisotopic (exact) mass is 552 g/mol. The van der Waals surface area contributed by atoms with Gasteiger partial charge in [0.2, 0.25) is 0 Å². The molecule has 5 rings (SSSR count). The molecule has 3 aromatic heterocycles. The Labute approximate surface area is 233 Å². The topological polar surface area (TPSA) is 124 Å². The van der Waals surface area contributed by atoms with Crippen molar-refractivity contribution < 1.29 is 4.74 Å². The summed E-state index contributed by atoms with van der Waals surface area (Å²) in [7, 11) is -1.18. The van der Waals surface area contributed by atoms with Crippen molar-refractivity contribution in [2.45, 2.75) is 52.3 Å². The van der Waals surface area contributed by atoms with E-state index in [-0.39, 0.29) is 5.56 Å². The van der Waals surface area contributed by atoms with Gasteiger partial charge in [-0.1, -0.05) is 37.8 Å². The normalized spacial score (nSPS) is 12.5. The summed E-state index contributed by atoms with van der Waals surface area (Å²) in [5.41, 5.74) is 3.51. The van der Waals surface area contributed by atoms with Gasteiger partial charge in [0.1, 0.15) is 18.9 Å². The smallest absolute Gasteiger partial charge is 0.266 e. The highest BCUT2D eigenvalue weighted by molar-refractivity contribution is 6.76. The van der Waals surface area contributed by atoms with Crippen LogP contribution in [0.1, 0.15) is 29.9 Å². The fourth-order valence-electron chi connectivity index (χ4n) is 4.56. The van der Waals surface area contributed by atoms with E-state index in [9.17, 15) is 10.1 Å². The maximum Gasteiger partial charge on any atom is 0.266 e. The lowest BCUT2D eigenvalue weighted by atomic mass is 10.1. The number of fused-ring (bicyclic) bond motifs is 2. The fraction of sp³-hybridized carbons (Fsp3) is 0.310. The first-order valence-electron chi connectivity index (χ1n) is 13.2. The lowest BCUT2D eigenvalue weighted by Gasteiger charge is -2.20. The van der Waals surface area contributed by atoms with Crippen LogP contribution in [0.2, 0.25) is 25.7 Å². The first kappa shape index (κ1) is 27.2. The Bertz CT molecular complexity index is 1800. The Morgan fingerprint density at radius 1 is 1.12 bits per heavy atom. The Kier molecular flexibility index (Phi) is 7.47. The van der Waals surface area contributed by atoms with Gasteiger partial charge in [-0.25, -0.2) is 19.9 Å². The summed E-state index contributed by atoms with van der Waals surface area (Å²) >= 11 is 0. The molecule has 0 aliphatic carbocycles. The van der Waals surface area contributed by atoms with Crippen molar-refractivity contribution in [2.24, 2.45) is 0 Å². The molecule has 204 valence electrons. The van der Waals surface area contributed by atoms with Gasteiger partial charge >= 0.3 is 0 Å². The van der Waals surface area contributed by atoms with E-state index in [1.54, 1.807) is 35.2 Å². The zero-order valence-electron chi connectivity index (χ0n) is 23.3. The molecule has 0 aliphatic heterocycles. The quantitative estimate of drug-likeness (QED) is 0.196. The fourth-order valence-corrected chi connectivity index (χ4v) is 5.32. The van der Waals surface area contributed by atoms with Crippen molar-refractivity contribution in [3.05, 3.63) is 82.4 Å². The van der Waals surface area contributed by atoms with Gasteiger partial charge in [-0.05, 0) is 49.7 Å². The van der Waals surface area contributed by atoms with Crippen LogP contribution in [0.25, 0.3) is 27.8 Å². The number of benzene rings is 2. The predicted octanol–water partition coefficient (Wildman–Crippen LogP) is 5.19. The van der Waals surface area contributed by atoms with Crippen LogP contribution in [-0.4, -0.2) is 43.8 Å². The van der Waals surface area contributed by atoms with Crippen LogP contribution in [0.3, 0.4) is 0 Å². The average molecular weight is 553 g/mol. The second kappa shape index (κ2) is 11.0. The number of aryl methyl sites for hydroxylation is 1. The molecule has 10 nitrogen and oxygen atoms in total. The largest absolute Gasteiger partial charge is 0.361 e. The summed E-state index contributed by atoms with van der Waals surface area (Å²) in [5.74, 6) is 1.01. The number of aromatic nitrogens is 6. The Morgan fingerprint density at radius 3 is 2.70 bits per heavy atom. The standard InChI is InChI=1S/C29H32N8O2Si/c1-19-8-6-11-23-24(19)29(38)37(22-10-7-9-21(14-22)15-30)27(35-23)20(2)34-26-25-28(32-16-31-26)36(17-33-25)18-39-12-13-40(3,4)5/h6-11,14,16-17,20H,12-13,18H2,1-5H3,(H,31,32,34). The van der Waals surface area contributed by atoms with Crippen molar-refractivity contribution in [3.8, 4) is 11.8 Å². The zero-order chi connectivity index (χ0) is 28.4. The van der Waals surface area contributed by atoms with Crippen molar-refractivity contribution in [1.29, 1.82) is 5.26 Å². The highest BCUT2D eigenvalue weighted by Gasteiger charge is 2.21. The molecule has 0 spiro atoms. The van der Waals surface area contributed by atoms with Gasteiger partial charge in [0.25, 0.3) is 5.56 Å². The minimum absolute atomic E-state index is 0.200. The van der Waals surface area contributed by atoms with Gasteiger partial charge in [-0.3, -0.25) is 13.9 Å². The van der Waals surface area contributed by atoms with Crippen molar-refractivity contribution >= 4 is 36.0 Å². The Hall–Kier alpha value is -4.40. The number of nitrogens with one attached hydrogen (secondary N) is 1. The molecule has 40 heavy (non-hydrogen) atoms. The van der Waals surface area contributed by atoms with Crippen LogP contribution in [0, 0.1) is 18.3 Å². The molecule has 2 aromatic carbocycles. The molecule has 1 unspecified atom stereocenters. The molecule has 5 aromatic rings. The molecule has 1 N–H and O–H groups in total. The molecule has 0 amide bonds. The Balaban J connectivity index is 1.52. The van der Waals surface area contributed by atoms with E-state index < -0.39 is 14.1 Å². The lowest BCUT2D eigenvalue weighted by molar-refractivity contribution is 0.0895. The highest BCUT2D eigenvalue weighted by atomic mass is 28.3. The van der Waals surface area contributed by atoms with E-state index in [0.29, 0.717) is 58.3 Å². The molecule has 1 atom stereocenters. The molecule has 0 saturated carbocycles. The summed E-state index contributed by atoms with van der Waals surface area (Å²) in [4.78, 5) is 32.2. The Morgan fingerprint density at radius 2 is 1.93 bits per heavy atom. The zero-order valence-corrected chi connectivity index (χ0v) is 24.3. The molecule has 11 heteroatoms. The third-order valence-corrected chi connectivity index (χ3v) is 8.44. The van der Waals surface area contributed by atoms with Crippen molar-refractivity contribution in [1.82, 2.24) is 29.1 Å². The molecule has 0 saturated heterocycles. The molecule has 3 heterocycles. The number of nitriles is 1. The van der Waals surface area contributed by atoms with Gasteiger partial charge in [0.05, 0.1) is 40.6 Å². The van der Waals surface area contributed by atoms with E-state index >= 15 is 0 Å². The van der Waals surface area contributed by atoms with Crippen LogP contribution >= 0.6 is 0 Å². The summed E-state index contributed by atoms with van der Waals surface area (Å²) in [6.45, 7) is 11.8. The molecule has 0 fully saturated rings. The van der Waals surface area contributed by atoms with Crippen LogP contribution < -0.4 is 10.9 Å². The number of ether oxygens (including phenoxy) is 1. The molecule has 0 bridgehead atoms. The first-order chi connectivity index (χ1) is 19.2. The van der Waals surface area contributed by atoms with Crippen LogP contribution in [0.4, 0.5) is 5.82 Å². The van der Waals surface area contributed by atoms with E-state index in [1.165, 1.54) is 6.33 Å². The van der Waals surface area contributed by atoms with Crippen LogP contribution in [-0.2, 0) is 11.5 Å². The second-order valence-corrected chi connectivity index (χ2v) is 16.7. The average Bonchev–Trinajstić information content (AvgIpc) is 3.34. The minimum Gasteiger partial charge on any atom is -0.361 e. The number of imidazole rings is 1. The molecule has 0 aliphatic rings. The van der Waals surface area contributed by atoms with Gasteiger partial charge in [-0.2, -0.15) is 5.26 Å². The first-order valence-corrected chi connectivity index (χ1v) is 16.9. The van der Waals surface area contributed by atoms with E-state index in [4.69, 9.17) is 9.72 Å². The van der Waals surface area contributed by atoms with Gasteiger partial charge in [0.15, 0.2) is 17.0 Å².